The molecule has 0 saturated carbocycles. The minimum absolute atomic E-state index is 0.0616. The summed E-state index contributed by atoms with van der Waals surface area (Å²) in [6.07, 6.45) is -0.643. The second kappa shape index (κ2) is 7.05. The first-order chi connectivity index (χ1) is 7.02. The zero-order chi connectivity index (χ0) is 11.8. The second-order valence-corrected chi connectivity index (χ2v) is 3.32. The van der Waals surface area contributed by atoms with Crippen molar-refractivity contribution in [1.29, 1.82) is 0 Å². The van der Waals surface area contributed by atoms with Crippen molar-refractivity contribution in [3.05, 3.63) is 0 Å². The lowest BCUT2D eigenvalue weighted by molar-refractivity contribution is -0.147. The smallest absolute Gasteiger partial charge is 0.407 e. The van der Waals surface area contributed by atoms with E-state index < -0.39 is 18.1 Å². The Hall–Kier alpha value is -1.30. The van der Waals surface area contributed by atoms with Crippen molar-refractivity contribution < 1.29 is 19.1 Å². The Labute approximate surface area is 89.3 Å². The van der Waals surface area contributed by atoms with Gasteiger partial charge < -0.3 is 14.8 Å². The minimum atomic E-state index is -0.689. The van der Waals surface area contributed by atoms with Gasteiger partial charge in [-0.05, 0) is 13.0 Å². The number of methoxy groups -OCH3 is 1. The van der Waals surface area contributed by atoms with E-state index in [1.54, 1.807) is 20.9 Å². The van der Waals surface area contributed by atoms with Gasteiger partial charge in [-0.25, -0.2) is 9.59 Å². The number of carbonyl (C=O) groups excluding carboxylic acids is 2. The van der Waals surface area contributed by atoms with Gasteiger partial charge in [-0.1, -0.05) is 13.8 Å². The third-order valence-electron chi connectivity index (χ3n) is 1.74. The number of rotatable bonds is 5. The highest BCUT2D eigenvalue weighted by Crippen LogP contribution is 2.03. The van der Waals surface area contributed by atoms with Crippen molar-refractivity contribution >= 4 is 12.1 Å². The first-order valence-electron chi connectivity index (χ1n) is 4.68. The molecule has 0 heterocycles. The number of alkyl carbamates (subject to hydrolysis) is 1. The van der Waals surface area contributed by atoms with Gasteiger partial charge in [0.2, 0.25) is 0 Å². The SMILES string of the molecule is CNCOC(=O)C(NC(=O)OC)C(C)C. The van der Waals surface area contributed by atoms with E-state index in [1.165, 1.54) is 7.11 Å². The van der Waals surface area contributed by atoms with Crippen LogP contribution in [0.25, 0.3) is 0 Å². The lowest BCUT2D eigenvalue weighted by Gasteiger charge is -2.19. The predicted octanol–water partition coefficient (Wildman–Crippen LogP) is 0.0871. The Morgan fingerprint density at radius 1 is 1.33 bits per heavy atom. The molecule has 0 aromatic rings. The quantitative estimate of drug-likeness (QED) is 0.505. The first kappa shape index (κ1) is 13.7. The Kier molecular flexibility index (Phi) is 6.44. The topological polar surface area (TPSA) is 76.7 Å². The molecular formula is C9H18N2O4. The fourth-order valence-corrected chi connectivity index (χ4v) is 0.917. The normalized spacial score (nSPS) is 12.1. The first-order valence-corrected chi connectivity index (χ1v) is 4.68. The van der Waals surface area contributed by atoms with Gasteiger partial charge in [0.15, 0.2) is 0 Å². The van der Waals surface area contributed by atoms with Gasteiger partial charge in [-0.15, -0.1) is 0 Å². The van der Waals surface area contributed by atoms with Crippen molar-refractivity contribution in [2.75, 3.05) is 20.9 Å². The van der Waals surface area contributed by atoms with Crippen LogP contribution in [0.3, 0.4) is 0 Å². The second-order valence-electron chi connectivity index (χ2n) is 3.32. The molecule has 0 rings (SSSR count). The molecule has 0 aromatic carbocycles. The van der Waals surface area contributed by atoms with E-state index in [4.69, 9.17) is 4.74 Å². The maximum atomic E-state index is 11.5. The van der Waals surface area contributed by atoms with Crippen LogP contribution in [0.15, 0.2) is 0 Å². The van der Waals surface area contributed by atoms with Crippen molar-refractivity contribution in [3.8, 4) is 0 Å². The summed E-state index contributed by atoms with van der Waals surface area (Å²) in [4.78, 5) is 22.4. The lowest BCUT2D eigenvalue weighted by atomic mass is 10.1. The molecular weight excluding hydrogens is 200 g/mol. The average Bonchev–Trinajstić information content (AvgIpc) is 2.21. The maximum absolute atomic E-state index is 11.5. The van der Waals surface area contributed by atoms with Gasteiger partial charge >= 0.3 is 12.1 Å². The van der Waals surface area contributed by atoms with Gasteiger partial charge in [0, 0.05) is 0 Å². The van der Waals surface area contributed by atoms with Crippen molar-refractivity contribution in [2.24, 2.45) is 5.92 Å². The van der Waals surface area contributed by atoms with Crippen molar-refractivity contribution in [2.45, 2.75) is 19.9 Å². The van der Waals surface area contributed by atoms with E-state index in [9.17, 15) is 9.59 Å². The van der Waals surface area contributed by atoms with E-state index in [-0.39, 0.29) is 12.6 Å². The molecule has 0 saturated heterocycles. The van der Waals surface area contributed by atoms with Gasteiger partial charge in [0.1, 0.15) is 12.8 Å². The molecule has 0 fully saturated rings. The van der Waals surface area contributed by atoms with E-state index in [0.29, 0.717) is 0 Å². The molecule has 6 heteroatoms. The largest absolute Gasteiger partial charge is 0.453 e. The number of carbonyl (C=O) groups is 2. The molecule has 0 radical (unpaired) electrons. The monoisotopic (exact) mass is 218 g/mol. The molecule has 6 nitrogen and oxygen atoms in total. The third-order valence-corrected chi connectivity index (χ3v) is 1.74. The van der Waals surface area contributed by atoms with Gasteiger partial charge in [-0.2, -0.15) is 0 Å². The summed E-state index contributed by atoms with van der Waals surface area (Å²) in [6, 6.07) is -0.689. The summed E-state index contributed by atoms with van der Waals surface area (Å²) >= 11 is 0. The van der Waals surface area contributed by atoms with Crippen LogP contribution in [0.4, 0.5) is 4.79 Å². The molecule has 0 spiro atoms. The Morgan fingerprint density at radius 3 is 2.33 bits per heavy atom. The fourth-order valence-electron chi connectivity index (χ4n) is 0.917. The van der Waals surface area contributed by atoms with E-state index in [1.807, 2.05) is 0 Å². The molecule has 0 bridgehead atoms. The van der Waals surface area contributed by atoms with E-state index in [2.05, 4.69) is 15.4 Å². The summed E-state index contributed by atoms with van der Waals surface area (Å²) in [5, 5.41) is 5.08. The maximum Gasteiger partial charge on any atom is 0.407 e. The van der Waals surface area contributed by atoms with Gasteiger partial charge in [-0.3, -0.25) is 5.32 Å². The summed E-state index contributed by atoms with van der Waals surface area (Å²) < 4.78 is 9.25. The molecule has 1 unspecified atom stereocenters. The van der Waals surface area contributed by atoms with Crippen LogP contribution < -0.4 is 10.6 Å². The van der Waals surface area contributed by atoms with Crippen LogP contribution in [-0.2, 0) is 14.3 Å². The summed E-state index contributed by atoms with van der Waals surface area (Å²) in [7, 11) is 2.90. The minimum Gasteiger partial charge on any atom is -0.453 e. The van der Waals surface area contributed by atoms with Crippen LogP contribution in [0.2, 0.25) is 0 Å². The Morgan fingerprint density at radius 2 is 1.93 bits per heavy atom. The molecule has 88 valence electrons. The van der Waals surface area contributed by atoms with E-state index >= 15 is 0 Å². The molecule has 0 aliphatic carbocycles. The molecule has 0 aliphatic rings. The molecule has 2 N–H and O–H groups in total. The standard InChI is InChI=1S/C9H18N2O4/c1-6(2)7(11-9(13)14-4)8(12)15-5-10-3/h6-7,10H,5H2,1-4H3,(H,11,13). The van der Waals surface area contributed by atoms with Crippen LogP contribution in [0, 0.1) is 5.92 Å². The highest BCUT2D eigenvalue weighted by Gasteiger charge is 2.25. The van der Waals surface area contributed by atoms with Crippen molar-refractivity contribution in [3.63, 3.8) is 0 Å². The van der Waals surface area contributed by atoms with Gasteiger partial charge in [0.25, 0.3) is 0 Å². The number of nitrogens with one attached hydrogen (secondary N) is 2. The predicted molar refractivity (Wildman–Crippen MR) is 54.2 cm³/mol. The van der Waals surface area contributed by atoms with Crippen LogP contribution in [-0.4, -0.2) is 39.0 Å². The van der Waals surface area contributed by atoms with Crippen LogP contribution in [0.5, 0.6) is 0 Å². The number of ether oxygens (including phenoxy) is 2. The van der Waals surface area contributed by atoms with E-state index in [0.717, 1.165) is 0 Å². The summed E-state index contributed by atoms with van der Waals surface area (Å²) in [6.45, 7) is 3.73. The Balaban J connectivity index is 4.25. The average molecular weight is 218 g/mol. The fraction of sp³-hybridized carbons (Fsp3) is 0.778. The zero-order valence-electron chi connectivity index (χ0n) is 9.49. The Bertz CT molecular complexity index is 218. The zero-order valence-corrected chi connectivity index (χ0v) is 9.49. The van der Waals surface area contributed by atoms with Crippen LogP contribution in [0.1, 0.15) is 13.8 Å². The molecule has 0 aliphatic heterocycles. The third kappa shape index (κ3) is 5.21. The summed E-state index contributed by atoms with van der Waals surface area (Å²) in [5.41, 5.74) is 0. The lowest BCUT2D eigenvalue weighted by Crippen LogP contribution is -2.45. The van der Waals surface area contributed by atoms with Gasteiger partial charge in [0.05, 0.1) is 7.11 Å². The molecule has 1 amide bonds. The van der Waals surface area contributed by atoms with Crippen molar-refractivity contribution in [1.82, 2.24) is 10.6 Å². The summed E-state index contributed by atoms with van der Waals surface area (Å²) in [5.74, 6) is -0.543. The highest BCUT2D eigenvalue weighted by molar-refractivity contribution is 5.81. The molecule has 15 heavy (non-hydrogen) atoms. The van der Waals surface area contributed by atoms with Crippen LogP contribution >= 0.6 is 0 Å². The molecule has 0 aromatic heterocycles. The molecule has 1 atom stereocenters. The number of hydrogen-bond acceptors (Lipinski definition) is 5. The number of hydrogen-bond donors (Lipinski definition) is 2. The highest BCUT2D eigenvalue weighted by atomic mass is 16.6. The number of esters is 1. The number of amides is 1.